The lowest BCUT2D eigenvalue weighted by molar-refractivity contribution is 0.0806. The van der Waals surface area contributed by atoms with Crippen LogP contribution in [0.25, 0.3) is 0 Å². The van der Waals surface area contributed by atoms with E-state index in [9.17, 15) is 0 Å². The molecule has 0 aromatic heterocycles. The largest absolute Gasteiger partial charge is 0.490 e. The van der Waals surface area contributed by atoms with Gasteiger partial charge in [0, 0.05) is 7.14 Å². The van der Waals surface area contributed by atoms with Gasteiger partial charge in [0.25, 0.3) is 0 Å². The summed E-state index contributed by atoms with van der Waals surface area (Å²) in [7, 11) is 0. The van der Waals surface area contributed by atoms with Crippen LogP contribution in [0.3, 0.4) is 0 Å². The molecular formula is C18H18I2O2. The van der Waals surface area contributed by atoms with Crippen molar-refractivity contribution in [3.8, 4) is 11.5 Å². The van der Waals surface area contributed by atoms with Gasteiger partial charge >= 0.3 is 0 Å². The number of halogens is 2. The molecule has 1 aliphatic rings. The summed E-state index contributed by atoms with van der Waals surface area (Å²) in [6, 6.07) is 16.5. The van der Waals surface area contributed by atoms with E-state index < -0.39 is 0 Å². The first kappa shape index (κ1) is 16.4. The Balaban J connectivity index is 1.47. The van der Waals surface area contributed by atoms with Crippen molar-refractivity contribution in [3.05, 3.63) is 55.7 Å². The van der Waals surface area contributed by atoms with Gasteiger partial charge in [0.05, 0.1) is 12.2 Å². The molecular weight excluding hydrogens is 502 g/mol. The van der Waals surface area contributed by atoms with E-state index >= 15 is 0 Å². The fourth-order valence-electron chi connectivity index (χ4n) is 2.68. The third-order valence-corrected chi connectivity index (χ3v) is 5.29. The highest BCUT2D eigenvalue weighted by molar-refractivity contribution is 14.1. The summed E-state index contributed by atoms with van der Waals surface area (Å²) in [6.07, 6.45) is 4.86. The number of hydrogen-bond donors (Lipinski definition) is 0. The average Bonchev–Trinajstić information content (AvgIpc) is 2.54. The lowest BCUT2D eigenvalue weighted by Gasteiger charge is -2.29. The van der Waals surface area contributed by atoms with Crippen LogP contribution < -0.4 is 9.47 Å². The molecule has 2 nitrogen and oxygen atoms in total. The van der Waals surface area contributed by atoms with Crippen LogP contribution in [-0.4, -0.2) is 12.2 Å². The summed E-state index contributed by atoms with van der Waals surface area (Å²) in [4.78, 5) is 0. The highest BCUT2D eigenvalue weighted by Crippen LogP contribution is 2.27. The molecule has 0 bridgehead atoms. The summed E-state index contributed by atoms with van der Waals surface area (Å²) in [5.74, 6) is 1.95. The lowest BCUT2D eigenvalue weighted by Crippen LogP contribution is -2.30. The van der Waals surface area contributed by atoms with Crippen molar-refractivity contribution < 1.29 is 9.47 Å². The minimum atomic E-state index is 0.316. The summed E-state index contributed by atoms with van der Waals surface area (Å²) in [6.45, 7) is 0. The number of benzene rings is 2. The number of ether oxygens (including phenoxy) is 2. The van der Waals surface area contributed by atoms with Crippen molar-refractivity contribution in [2.24, 2.45) is 0 Å². The molecule has 0 atom stereocenters. The maximum absolute atomic E-state index is 6.06. The standard InChI is InChI=1S/C18H18I2O2/c19-13-1-5-15(6-2-13)21-17-9-11-18(12-10-17)22-16-7-3-14(20)4-8-16/h1-8,17-18H,9-12H2. The van der Waals surface area contributed by atoms with E-state index in [4.69, 9.17) is 9.47 Å². The van der Waals surface area contributed by atoms with E-state index in [1.165, 1.54) is 7.14 Å². The van der Waals surface area contributed by atoms with Crippen molar-refractivity contribution in [1.29, 1.82) is 0 Å². The van der Waals surface area contributed by atoms with Crippen molar-refractivity contribution in [1.82, 2.24) is 0 Å². The molecule has 116 valence electrons. The molecule has 1 saturated carbocycles. The molecule has 4 heteroatoms. The normalized spacial score (nSPS) is 21.4. The molecule has 0 N–H and O–H groups in total. The molecule has 3 rings (SSSR count). The van der Waals surface area contributed by atoms with Crippen LogP contribution in [0, 0.1) is 7.14 Å². The maximum atomic E-state index is 6.06. The molecule has 0 heterocycles. The molecule has 0 radical (unpaired) electrons. The van der Waals surface area contributed by atoms with Gasteiger partial charge < -0.3 is 9.47 Å². The molecule has 1 aliphatic carbocycles. The Morgan fingerprint density at radius 1 is 0.591 bits per heavy atom. The Labute approximate surface area is 158 Å². The lowest BCUT2D eigenvalue weighted by atomic mass is 9.95. The SMILES string of the molecule is Ic1ccc(OC2CCC(Oc3ccc(I)cc3)CC2)cc1. The van der Waals surface area contributed by atoms with Gasteiger partial charge in [-0.1, -0.05) is 0 Å². The minimum absolute atomic E-state index is 0.316. The van der Waals surface area contributed by atoms with Gasteiger partial charge in [-0.2, -0.15) is 0 Å². The topological polar surface area (TPSA) is 18.5 Å². The third kappa shape index (κ3) is 4.75. The van der Waals surface area contributed by atoms with E-state index in [0.29, 0.717) is 12.2 Å². The van der Waals surface area contributed by atoms with E-state index in [1.807, 2.05) is 0 Å². The van der Waals surface area contributed by atoms with Crippen molar-refractivity contribution in [2.45, 2.75) is 37.9 Å². The molecule has 0 unspecified atom stereocenters. The predicted molar refractivity (Wildman–Crippen MR) is 106 cm³/mol. The highest BCUT2D eigenvalue weighted by atomic mass is 127. The first-order valence-electron chi connectivity index (χ1n) is 7.53. The Bertz CT molecular complexity index is 532. The van der Waals surface area contributed by atoms with E-state index in [0.717, 1.165) is 37.2 Å². The van der Waals surface area contributed by atoms with E-state index in [2.05, 4.69) is 93.7 Å². The Hall–Kier alpha value is -0.500. The third-order valence-electron chi connectivity index (χ3n) is 3.85. The van der Waals surface area contributed by atoms with Gasteiger partial charge in [0.1, 0.15) is 11.5 Å². The minimum Gasteiger partial charge on any atom is -0.490 e. The monoisotopic (exact) mass is 520 g/mol. The fraction of sp³-hybridized carbons (Fsp3) is 0.333. The first-order chi connectivity index (χ1) is 10.7. The smallest absolute Gasteiger partial charge is 0.119 e. The maximum Gasteiger partial charge on any atom is 0.119 e. The van der Waals surface area contributed by atoms with E-state index in [-0.39, 0.29) is 0 Å². The predicted octanol–water partition coefficient (Wildman–Crippen LogP) is 5.66. The molecule has 22 heavy (non-hydrogen) atoms. The molecule has 0 saturated heterocycles. The summed E-state index contributed by atoms with van der Waals surface area (Å²) < 4.78 is 14.6. The van der Waals surface area contributed by atoms with Crippen LogP contribution in [0.15, 0.2) is 48.5 Å². The fourth-order valence-corrected chi connectivity index (χ4v) is 3.40. The van der Waals surface area contributed by atoms with Gasteiger partial charge in [0.2, 0.25) is 0 Å². The summed E-state index contributed by atoms with van der Waals surface area (Å²) >= 11 is 4.62. The van der Waals surface area contributed by atoms with Crippen molar-refractivity contribution >= 4 is 45.2 Å². The molecule has 0 aliphatic heterocycles. The molecule has 1 fully saturated rings. The van der Waals surface area contributed by atoms with Crippen molar-refractivity contribution in [3.63, 3.8) is 0 Å². The second-order valence-corrected chi connectivity index (χ2v) is 8.03. The zero-order valence-electron chi connectivity index (χ0n) is 12.2. The van der Waals surface area contributed by atoms with Crippen LogP contribution in [-0.2, 0) is 0 Å². The molecule has 0 amide bonds. The van der Waals surface area contributed by atoms with Gasteiger partial charge in [-0.3, -0.25) is 0 Å². The van der Waals surface area contributed by atoms with E-state index in [1.54, 1.807) is 0 Å². The number of hydrogen-bond acceptors (Lipinski definition) is 2. The average molecular weight is 520 g/mol. The zero-order valence-corrected chi connectivity index (χ0v) is 16.5. The van der Waals surface area contributed by atoms with Crippen LogP contribution in [0.2, 0.25) is 0 Å². The van der Waals surface area contributed by atoms with Crippen LogP contribution >= 0.6 is 45.2 Å². The van der Waals surface area contributed by atoms with Gasteiger partial charge in [-0.15, -0.1) is 0 Å². The molecule has 2 aromatic rings. The summed E-state index contributed by atoms with van der Waals surface area (Å²) in [5.41, 5.74) is 0. The number of rotatable bonds is 4. The van der Waals surface area contributed by atoms with Crippen LogP contribution in [0.1, 0.15) is 25.7 Å². The molecule has 0 spiro atoms. The van der Waals surface area contributed by atoms with Crippen LogP contribution in [0.5, 0.6) is 11.5 Å². The molecule has 2 aromatic carbocycles. The van der Waals surface area contributed by atoms with Gasteiger partial charge in [-0.25, -0.2) is 0 Å². The summed E-state index contributed by atoms with van der Waals surface area (Å²) in [5, 5.41) is 0. The first-order valence-corrected chi connectivity index (χ1v) is 9.69. The van der Waals surface area contributed by atoms with Crippen molar-refractivity contribution in [2.75, 3.05) is 0 Å². The second-order valence-electron chi connectivity index (χ2n) is 5.54. The quantitative estimate of drug-likeness (QED) is 0.485. The second kappa shape index (κ2) is 7.86. The van der Waals surface area contributed by atoms with Gasteiger partial charge in [-0.05, 0) is 119 Å². The Morgan fingerprint density at radius 3 is 1.23 bits per heavy atom. The zero-order chi connectivity index (χ0) is 15.4. The van der Waals surface area contributed by atoms with Crippen LogP contribution in [0.4, 0.5) is 0 Å². The highest BCUT2D eigenvalue weighted by Gasteiger charge is 2.23. The van der Waals surface area contributed by atoms with Gasteiger partial charge in [0.15, 0.2) is 0 Å². The Kier molecular flexibility index (Phi) is 5.84. The Morgan fingerprint density at radius 2 is 0.909 bits per heavy atom.